The minimum atomic E-state index is -1.07. The summed E-state index contributed by atoms with van der Waals surface area (Å²) in [5.74, 6) is 0.0760. The minimum Gasteiger partial charge on any atom is -0.497 e. The molecule has 0 spiro atoms. The zero-order valence-electron chi connectivity index (χ0n) is 21.3. The maximum atomic E-state index is 13.2. The van der Waals surface area contributed by atoms with Crippen LogP contribution in [0.3, 0.4) is 0 Å². The summed E-state index contributed by atoms with van der Waals surface area (Å²) in [5.41, 5.74) is 1.26. The van der Waals surface area contributed by atoms with Crippen molar-refractivity contribution in [3.8, 4) is 5.75 Å². The number of aliphatic carboxylic acids is 1. The minimum absolute atomic E-state index is 0.283. The number of nitrogens with one attached hydrogen (secondary N) is 2. The Hall–Kier alpha value is -3.20. The number of carbonyl (C=O) groups excluding carboxylic acids is 2. The number of hydrogen-bond acceptors (Lipinski definition) is 6. The summed E-state index contributed by atoms with van der Waals surface area (Å²) in [6.45, 7) is 5.54. The van der Waals surface area contributed by atoms with E-state index in [0.29, 0.717) is 18.7 Å². The Morgan fingerprint density at radius 3 is 2.25 bits per heavy atom. The number of hydrogen-bond donors (Lipinski definition) is 3. The number of alkyl carbamates (subject to hydrolysis) is 1. The van der Waals surface area contributed by atoms with Gasteiger partial charge in [0.25, 0.3) is 0 Å². The van der Waals surface area contributed by atoms with Crippen molar-refractivity contribution in [3.63, 3.8) is 0 Å². The monoisotopic (exact) mass is 516 g/mol. The van der Waals surface area contributed by atoms with Crippen molar-refractivity contribution in [2.45, 2.75) is 51.0 Å². The van der Waals surface area contributed by atoms with Gasteiger partial charge in [0.1, 0.15) is 17.4 Å². The van der Waals surface area contributed by atoms with Gasteiger partial charge in [-0.15, -0.1) is 0 Å². The lowest BCUT2D eigenvalue weighted by Gasteiger charge is -2.28. The summed E-state index contributed by atoms with van der Waals surface area (Å²) in [6.07, 6.45) is -0.734. The molecule has 0 saturated heterocycles. The van der Waals surface area contributed by atoms with Crippen molar-refractivity contribution in [2.75, 3.05) is 19.4 Å². The SMILES string of the molecule is COc1ccc(CSCCNC(=O)[C@@H](NC(=O)OC(C)(C)C)C(CC(=O)O)Cc2ccccc2)cc1. The Labute approximate surface area is 217 Å². The van der Waals surface area contributed by atoms with Crippen LogP contribution in [0.1, 0.15) is 38.3 Å². The number of carbonyl (C=O) groups is 3. The molecule has 2 rings (SSSR count). The smallest absolute Gasteiger partial charge is 0.408 e. The average Bonchev–Trinajstić information content (AvgIpc) is 2.81. The first-order valence-electron chi connectivity index (χ1n) is 11.8. The van der Waals surface area contributed by atoms with Crippen LogP contribution in [0.2, 0.25) is 0 Å². The van der Waals surface area contributed by atoms with Crippen molar-refractivity contribution < 1.29 is 29.0 Å². The molecular formula is C27H36N2O6S. The fourth-order valence-electron chi connectivity index (χ4n) is 3.55. The van der Waals surface area contributed by atoms with E-state index in [4.69, 9.17) is 9.47 Å². The van der Waals surface area contributed by atoms with Gasteiger partial charge in [-0.05, 0) is 50.5 Å². The molecule has 0 aliphatic carbocycles. The molecule has 0 aliphatic rings. The molecule has 196 valence electrons. The van der Waals surface area contributed by atoms with Crippen LogP contribution in [0.25, 0.3) is 0 Å². The van der Waals surface area contributed by atoms with Crippen LogP contribution in [-0.2, 0) is 26.5 Å². The first kappa shape index (κ1) is 29.0. The molecule has 3 N–H and O–H groups in total. The molecule has 0 bridgehead atoms. The summed E-state index contributed by atoms with van der Waals surface area (Å²) in [7, 11) is 1.62. The summed E-state index contributed by atoms with van der Waals surface area (Å²) >= 11 is 1.66. The number of rotatable bonds is 13. The molecule has 0 aromatic heterocycles. The van der Waals surface area contributed by atoms with E-state index in [1.807, 2.05) is 54.6 Å². The molecule has 9 heteroatoms. The molecule has 36 heavy (non-hydrogen) atoms. The van der Waals surface area contributed by atoms with Crippen molar-refractivity contribution in [1.82, 2.24) is 10.6 Å². The Morgan fingerprint density at radius 1 is 1.00 bits per heavy atom. The van der Waals surface area contributed by atoms with Crippen LogP contribution >= 0.6 is 11.8 Å². The van der Waals surface area contributed by atoms with Gasteiger partial charge in [-0.3, -0.25) is 9.59 Å². The largest absolute Gasteiger partial charge is 0.497 e. The van der Waals surface area contributed by atoms with Gasteiger partial charge in [0, 0.05) is 24.0 Å². The average molecular weight is 517 g/mol. The predicted octanol–water partition coefficient (Wildman–Crippen LogP) is 4.27. The first-order chi connectivity index (χ1) is 17.1. The number of carboxylic acid groups (broad SMARTS) is 1. The Balaban J connectivity index is 2.03. The lowest BCUT2D eigenvalue weighted by molar-refractivity contribution is -0.138. The van der Waals surface area contributed by atoms with Gasteiger partial charge in [0.2, 0.25) is 5.91 Å². The summed E-state index contributed by atoms with van der Waals surface area (Å²) in [5, 5.41) is 15.0. The first-order valence-corrected chi connectivity index (χ1v) is 13.0. The topological polar surface area (TPSA) is 114 Å². The number of ether oxygens (including phenoxy) is 2. The van der Waals surface area contributed by atoms with Crippen LogP contribution in [0.5, 0.6) is 5.75 Å². The molecule has 0 aliphatic heterocycles. The Kier molecular flexibility index (Phi) is 11.6. The van der Waals surface area contributed by atoms with Crippen LogP contribution in [0.15, 0.2) is 54.6 Å². The van der Waals surface area contributed by atoms with Crippen LogP contribution in [0.4, 0.5) is 4.79 Å². The molecule has 2 aromatic carbocycles. The number of benzene rings is 2. The van der Waals surface area contributed by atoms with Gasteiger partial charge in [-0.2, -0.15) is 11.8 Å². The summed E-state index contributed by atoms with van der Waals surface area (Å²) in [4.78, 5) is 37.3. The fraction of sp³-hybridized carbons (Fsp3) is 0.444. The third-order valence-electron chi connectivity index (χ3n) is 5.18. The third kappa shape index (κ3) is 11.0. The van der Waals surface area contributed by atoms with Gasteiger partial charge in [0.05, 0.1) is 13.5 Å². The third-order valence-corrected chi connectivity index (χ3v) is 6.21. The van der Waals surface area contributed by atoms with Crippen molar-refractivity contribution >= 4 is 29.7 Å². The lowest BCUT2D eigenvalue weighted by Crippen LogP contribution is -2.53. The summed E-state index contributed by atoms with van der Waals surface area (Å²) < 4.78 is 10.5. The van der Waals surface area contributed by atoms with E-state index in [-0.39, 0.29) is 6.42 Å². The Bertz CT molecular complexity index is 976. The molecule has 2 aromatic rings. The van der Waals surface area contributed by atoms with Crippen LogP contribution in [-0.4, -0.2) is 54.1 Å². The van der Waals surface area contributed by atoms with E-state index in [0.717, 1.165) is 22.6 Å². The molecule has 2 amide bonds. The van der Waals surface area contributed by atoms with E-state index in [1.54, 1.807) is 39.6 Å². The van der Waals surface area contributed by atoms with E-state index in [9.17, 15) is 19.5 Å². The van der Waals surface area contributed by atoms with E-state index < -0.39 is 35.5 Å². The molecule has 0 heterocycles. The van der Waals surface area contributed by atoms with E-state index >= 15 is 0 Å². The van der Waals surface area contributed by atoms with Gasteiger partial charge < -0.3 is 25.2 Å². The molecule has 2 atom stereocenters. The maximum Gasteiger partial charge on any atom is 0.408 e. The number of methoxy groups -OCH3 is 1. The highest BCUT2D eigenvalue weighted by Crippen LogP contribution is 2.19. The van der Waals surface area contributed by atoms with Crippen LogP contribution < -0.4 is 15.4 Å². The lowest BCUT2D eigenvalue weighted by atomic mass is 9.88. The highest BCUT2D eigenvalue weighted by Gasteiger charge is 2.33. The highest BCUT2D eigenvalue weighted by atomic mass is 32.2. The highest BCUT2D eigenvalue weighted by molar-refractivity contribution is 7.98. The number of thioether (sulfide) groups is 1. The van der Waals surface area contributed by atoms with Gasteiger partial charge >= 0.3 is 12.1 Å². The maximum absolute atomic E-state index is 13.2. The second kappa shape index (κ2) is 14.4. The predicted molar refractivity (Wildman–Crippen MR) is 141 cm³/mol. The normalized spacial score (nSPS) is 12.8. The van der Waals surface area contributed by atoms with Gasteiger partial charge in [0.15, 0.2) is 0 Å². The van der Waals surface area contributed by atoms with Crippen molar-refractivity contribution in [3.05, 3.63) is 65.7 Å². The summed E-state index contributed by atoms with van der Waals surface area (Å²) in [6, 6.07) is 16.0. The molecule has 8 nitrogen and oxygen atoms in total. The van der Waals surface area contributed by atoms with Crippen molar-refractivity contribution in [1.29, 1.82) is 0 Å². The number of amides is 2. The molecule has 0 fully saturated rings. The molecular weight excluding hydrogens is 480 g/mol. The van der Waals surface area contributed by atoms with E-state index in [2.05, 4.69) is 10.6 Å². The quantitative estimate of drug-likeness (QED) is 0.341. The van der Waals surface area contributed by atoms with Crippen LogP contribution in [0, 0.1) is 5.92 Å². The number of carboxylic acids is 1. The zero-order valence-corrected chi connectivity index (χ0v) is 22.1. The second-order valence-electron chi connectivity index (χ2n) is 9.36. The molecule has 0 saturated carbocycles. The standard InChI is InChI=1S/C27H36N2O6S/c1-27(2,3)35-26(33)29-24(21(17-23(30)31)16-19-8-6-5-7-9-19)25(32)28-14-15-36-18-20-10-12-22(34-4)13-11-20/h5-13,21,24H,14-18H2,1-4H3,(H,28,32)(H,29,33)(H,30,31)/t21?,24-/m0/s1. The molecule has 0 radical (unpaired) electrons. The van der Waals surface area contributed by atoms with Crippen molar-refractivity contribution in [2.24, 2.45) is 5.92 Å². The molecule has 1 unspecified atom stereocenters. The fourth-order valence-corrected chi connectivity index (χ4v) is 4.37. The zero-order chi connectivity index (χ0) is 26.6. The van der Waals surface area contributed by atoms with Gasteiger partial charge in [-0.1, -0.05) is 42.5 Å². The second-order valence-corrected chi connectivity index (χ2v) is 10.5. The Morgan fingerprint density at radius 2 is 1.67 bits per heavy atom. The van der Waals surface area contributed by atoms with E-state index in [1.165, 1.54) is 0 Å². The van der Waals surface area contributed by atoms with Gasteiger partial charge in [-0.25, -0.2) is 4.79 Å².